The van der Waals surface area contributed by atoms with Crippen LogP contribution in [0, 0.1) is 0 Å². The van der Waals surface area contributed by atoms with Crippen LogP contribution in [0.15, 0.2) is 22.1 Å². The number of benzene rings is 1. The molecule has 0 radical (unpaired) electrons. The summed E-state index contributed by atoms with van der Waals surface area (Å²) < 4.78 is 26.2. The lowest BCUT2D eigenvalue weighted by molar-refractivity contribution is 0.278. The average Bonchev–Trinajstić information content (AvgIpc) is 3.26. The molecule has 0 N–H and O–H groups in total. The standard InChI is InChI=1S/C14H19NO4.C3H5NO/c1-14(2)8-19-13(15-14)9-6-11(17-4)12(18-5)7-10(9)16-3;1-2-5-3-4-1/h6-7H,8H2,1-5H3;3H,1-2H2. The second-order valence-electron chi connectivity index (χ2n) is 5.81. The summed E-state index contributed by atoms with van der Waals surface area (Å²) in [6.07, 6.45) is 1.49. The van der Waals surface area contributed by atoms with Gasteiger partial charge in [0.15, 0.2) is 17.9 Å². The fourth-order valence-electron chi connectivity index (χ4n) is 2.18. The van der Waals surface area contributed by atoms with E-state index >= 15 is 0 Å². The molecule has 0 atom stereocenters. The Kier molecular flexibility index (Phi) is 5.89. The molecule has 24 heavy (non-hydrogen) atoms. The Labute approximate surface area is 142 Å². The van der Waals surface area contributed by atoms with Crippen LogP contribution in [-0.4, -0.2) is 58.9 Å². The van der Waals surface area contributed by atoms with E-state index in [1.54, 1.807) is 27.4 Å². The van der Waals surface area contributed by atoms with Crippen LogP contribution in [0.25, 0.3) is 0 Å². The van der Waals surface area contributed by atoms with Crippen molar-refractivity contribution in [2.75, 3.05) is 41.1 Å². The Morgan fingerprint density at radius 1 is 1.00 bits per heavy atom. The third kappa shape index (κ3) is 4.31. The van der Waals surface area contributed by atoms with Gasteiger partial charge in [0.25, 0.3) is 0 Å². The Bertz CT molecular complexity index is 620. The molecule has 0 saturated heterocycles. The minimum atomic E-state index is -0.215. The zero-order chi connectivity index (χ0) is 17.6. The highest BCUT2D eigenvalue weighted by atomic mass is 16.5. The summed E-state index contributed by atoms with van der Waals surface area (Å²) >= 11 is 0. The van der Waals surface area contributed by atoms with E-state index in [0.29, 0.717) is 29.8 Å². The van der Waals surface area contributed by atoms with Gasteiger partial charge < -0.3 is 23.7 Å². The van der Waals surface area contributed by atoms with Crippen LogP contribution >= 0.6 is 0 Å². The highest BCUT2D eigenvalue weighted by molar-refractivity contribution is 5.98. The van der Waals surface area contributed by atoms with Crippen molar-refractivity contribution in [1.29, 1.82) is 0 Å². The van der Waals surface area contributed by atoms with Gasteiger partial charge in [-0.1, -0.05) is 0 Å². The molecular weight excluding hydrogens is 312 g/mol. The van der Waals surface area contributed by atoms with Crippen LogP contribution in [0.5, 0.6) is 17.2 Å². The SMILES string of the molecule is C1=NCCO1.COc1cc(OC)c(C2=NC(C)(C)CO2)cc1OC. The molecule has 132 valence electrons. The van der Waals surface area contributed by atoms with Gasteiger partial charge in [0.2, 0.25) is 5.90 Å². The van der Waals surface area contributed by atoms with E-state index in [2.05, 4.69) is 14.7 Å². The van der Waals surface area contributed by atoms with Crippen molar-refractivity contribution in [3.63, 3.8) is 0 Å². The Morgan fingerprint density at radius 2 is 1.67 bits per heavy atom. The maximum absolute atomic E-state index is 5.64. The molecule has 0 bridgehead atoms. The minimum absolute atomic E-state index is 0.215. The summed E-state index contributed by atoms with van der Waals surface area (Å²) in [6, 6.07) is 3.59. The Hall–Kier alpha value is -2.44. The molecule has 0 aromatic heterocycles. The molecule has 1 aromatic rings. The largest absolute Gasteiger partial charge is 0.496 e. The third-order valence-electron chi connectivity index (χ3n) is 3.39. The van der Waals surface area contributed by atoms with E-state index < -0.39 is 0 Å². The molecule has 7 nitrogen and oxygen atoms in total. The number of hydrogen-bond acceptors (Lipinski definition) is 7. The zero-order valence-electron chi connectivity index (χ0n) is 14.8. The smallest absolute Gasteiger partial charge is 0.220 e. The maximum atomic E-state index is 5.64. The lowest BCUT2D eigenvalue weighted by atomic mass is 10.1. The number of ether oxygens (including phenoxy) is 5. The molecule has 7 heteroatoms. The third-order valence-corrected chi connectivity index (χ3v) is 3.39. The first kappa shape index (κ1) is 17.9. The van der Waals surface area contributed by atoms with Gasteiger partial charge >= 0.3 is 0 Å². The summed E-state index contributed by atoms with van der Waals surface area (Å²) in [7, 11) is 4.78. The van der Waals surface area contributed by atoms with Crippen molar-refractivity contribution in [1.82, 2.24) is 0 Å². The van der Waals surface area contributed by atoms with Crippen molar-refractivity contribution in [2.24, 2.45) is 9.98 Å². The number of aliphatic imine (C=N–C) groups is 2. The van der Waals surface area contributed by atoms with Crippen LogP contribution in [0.2, 0.25) is 0 Å². The van der Waals surface area contributed by atoms with E-state index in [1.807, 2.05) is 19.9 Å². The molecular formula is C17H24N2O5. The lowest BCUT2D eigenvalue weighted by Crippen LogP contribution is -2.17. The number of rotatable bonds is 4. The number of nitrogens with zero attached hydrogens (tertiary/aromatic N) is 2. The molecule has 0 unspecified atom stereocenters. The van der Waals surface area contributed by atoms with Crippen molar-refractivity contribution >= 4 is 12.3 Å². The zero-order valence-corrected chi connectivity index (χ0v) is 14.8. The van der Waals surface area contributed by atoms with Crippen LogP contribution in [0.3, 0.4) is 0 Å². The summed E-state index contributed by atoms with van der Waals surface area (Å²) in [5.74, 6) is 2.45. The Morgan fingerprint density at radius 3 is 2.08 bits per heavy atom. The predicted octanol–water partition coefficient (Wildman–Crippen LogP) is 2.31. The lowest BCUT2D eigenvalue weighted by Gasteiger charge is -2.13. The summed E-state index contributed by atoms with van der Waals surface area (Å²) in [4.78, 5) is 8.28. The Balaban J connectivity index is 0.000000355. The molecule has 0 aliphatic carbocycles. The summed E-state index contributed by atoms with van der Waals surface area (Å²) in [5.41, 5.74) is 0.554. The van der Waals surface area contributed by atoms with E-state index in [0.717, 1.165) is 18.7 Å². The van der Waals surface area contributed by atoms with E-state index in [4.69, 9.17) is 18.9 Å². The highest BCUT2D eigenvalue weighted by Gasteiger charge is 2.29. The minimum Gasteiger partial charge on any atom is -0.496 e. The fourth-order valence-corrected chi connectivity index (χ4v) is 2.18. The first-order valence-corrected chi connectivity index (χ1v) is 7.63. The van der Waals surface area contributed by atoms with Gasteiger partial charge in [-0.3, -0.25) is 4.99 Å². The molecule has 0 amide bonds. The highest BCUT2D eigenvalue weighted by Crippen LogP contribution is 2.36. The molecule has 2 aliphatic heterocycles. The topological polar surface area (TPSA) is 70.9 Å². The van der Waals surface area contributed by atoms with Gasteiger partial charge in [0.05, 0.1) is 39.0 Å². The average molecular weight is 336 g/mol. The van der Waals surface area contributed by atoms with Gasteiger partial charge in [-0.05, 0) is 13.8 Å². The van der Waals surface area contributed by atoms with Crippen molar-refractivity contribution in [2.45, 2.75) is 19.4 Å². The van der Waals surface area contributed by atoms with E-state index in [1.165, 1.54) is 6.40 Å². The molecule has 3 rings (SSSR count). The van der Waals surface area contributed by atoms with Crippen molar-refractivity contribution < 1.29 is 23.7 Å². The van der Waals surface area contributed by atoms with Gasteiger partial charge in [-0.2, -0.15) is 0 Å². The van der Waals surface area contributed by atoms with E-state index in [-0.39, 0.29) is 5.54 Å². The molecule has 0 saturated carbocycles. The normalized spacial score (nSPS) is 17.1. The number of methoxy groups -OCH3 is 3. The van der Waals surface area contributed by atoms with Gasteiger partial charge in [0, 0.05) is 12.1 Å². The summed E-state index contributed by atoms with van der Waals surface area (Å²) in [6.45, 7) is 6.22. The van der Waals surface area contributed by atoms with E-state index in [9.17, 15) is 0 Å². The first-order valence-electron chi connectivity index (χ1n) is 7.63. The van der Waals surface area contributed by atoms with Gasteiger partial charge in [0.1, 0.15) is 19.0 Å². The molecule has 2 heterocycles. The van der Waals surface area contributed by atoms with Gasteiger partial charge in [-0.25, -0.2) is 4.99 Å². The first-order chi connectivity index (χ1) is 11.5. The molecule has 0 fully saturated rings. The molecule has 0 spiro atoms. The van der Waals surface area contributed by atoms with Gasteiger partial charge in [-0.15, -0.1) is 0 Å². The van der Waals surface area contributed by atoms with Crippen LogP contribution in [0.1, 0.15) is 19.4 Å². The second kappa shape index (κ2) is 7.90. The monoisotopic (exact) mass is 336 g/mol. The molecule has 1 aromatic carbocycles. The summed E-state index contributed by atoms with van der Waals surface area (Å²) in [5, 5.41) is 0. The van der Waals surface area contributed by atoms with Crippen molar-refractivity contribution in [3.05, 3.63) is 17.7 Å². The van der Waals surface area contributed by atoms with Crippen LogP contribution < -0.4 is 14.2 Å². The second-order valence-corrected chi connectivity index (χ2v) is 5.81. The van der Waals surface area contributed by atoms with Crippen molar-refractivity contribution in [3.8, 4) is 17.2 Å². The predicted molar refractivity (Wildman–Crippen MR) is 92.0 cm³/mol. The fraction of sp³-hybridized carbons (Fsp3) is 0.529. The maximum Gasteiger partial charge on any atom is 0.220 e. The quantitative estimate of drug-likeness (QED) is 0.844. The van der Waals surface area contributed by atoms with Crippen LogP contribution in [-0.2, 0) is 9.47 Å². The number of hydrogen-bond donors (Lipinski definition) is 0. The molecule has 2 aliphatic rings. The van der Waals surface area contributed by atoms with Crippen LogP contribution in [0.4, 0.5) is 0 Å².